The first-order chi connectivity index (χ1) is 15.2. The Kier molecular flexibility index (Phi) is 4.87. The molecule has 1 amide bonds. The van der Waals surface area contributed by atoms with Gasteiger partial charge in [0.05, 0.1) is 5.52 Å². The van der Waals surface area contributed by atoms with Gasteiger partial charge in [-0.1, -0.05) is 24.3 Å². The number of fused-ring (bicyclic) bond motifs is 1. The molecule has 31 heavy (non-hydrogen) atoms. The fraction of sp³-hybridized carbons (Fsp3) is 0.174. The Morgan fingerprint density at radius 3 is 2.42 bits per heavy atom. The number of carbonyl (C=O) groups is 1. The zero-order valence-electron chi connectivity index (χ0n) is 16.9. The molecule has 1 aliphatic rings. The van der Waals surface area contributed by atoms with Crippen LogP contribution in [0, 0.1) is 0 Å². The summed E-state index contributed by atoms with van der Waals surface area (Å²) >= 11 is 0. The average Bonchev–Trinajstić information content (AvgIpc) is 3.25. The maximum absolute atomic E-state index is 11.1. The molecule has 2 aromatic heterocycles. The van der Waals surface area contributed by atoms with E-state index < -0.39 is 6.09 Å². The Morgan fingerprint density at radius 2 is 1.71 bits per heavy atom. The predicted octanol–water partition coefficient (Wildman–Crippen LogP) is 3.41. The van der Waals surface area contributed by atoms with Crippen LogP contribution in [0.15, 0.2) is 66.9 Å². The van der Waals surface area contributed by atoms with E-state index in [0.717, 1.165) is 43.1 Å². The number of anilines is 2. The number of carbonyl (C=O) groups excluding carboxylic acids is 1. The lowest BCUT2D eigenvalue weighted by Crippen LogP contribution is -2.46. The maximum Gasteiger partial charge on any atom is 0.410 e. The van der Waals surface area contributed by atoms with Gasteiger partial charge in [-0.15, -0.1) is 0 Å². The van der Waals surface area contributed by atoms with Crippen molar-refractivity contribution in [2.75, 3.05) is 36.0 Å². The molecule has 0 atom stereocenters. The van der Waals surface area contributed by atoms with Crippen LogP contribution in [0.3, 0.4) is 0 Å². The first-order valence-corrected chi connectivity index (χ1v) is 10.1. The zero-order chi connectivity index (χ0) is 21.2. The SMILES string of the molecule is NC(=O)Oc1cccc2[nH]c(-c3ccc(N4CCN(c5ccccc5)CC4)nc3)nc12. The van der Waals surface area contributed by atoms with E-state index in [0.29, 0.717) is 17.1 Å². The van der Waals surface area contributed by atoms with Crippen LogP contribution in [-0.2, 0) is 0 Å². The molecule has 2 aromatic carbocycles. The lowest BCUT2D eigenvalue weighted by atomic mass is 10.2. The van der Waals surface area contributed by atoms with E-state index >= 15 is 0 Å². The highest BCUT2D eigenvalue weighted by molar-refractivity contribution is 5.87. The van der Waals surface area contributed by atoms with Crippen LogP contribution in [0.1, 0.15) is 0 Å². The van der Waals surface area contributed by atoms with Crippen LogP contribution in [0.5, 0.6) is 5.75 Å². The fourth-order valence-electron chi connectivity index (χ4n) is 3.88. The molecule has 1 saturated heterocycles. The van der Waals surface area contributed by atoms with Gasteiger partial charge in [0.2, 0.25) is 0 Å². The van der Waals surface area contributed by atoms with Crippen molar-refractivity contribution in [2.24, 2.45) is 5.73 Å². The van der Waals surface area contributed by atoms with Gasteiger partial charge in [0.1, 0.15) is 17.2 Å². The number of primary amides is 1. The number of nitrogens with one attached hydrogen (secondary N) is 1. The molecule has 3 N–H and O–H groups in total. The molecule has 0 spiro atoms. The van der Waals surface area contributed by atoms with Crippen LogP contribution < -0.4 is 20.3 Å². The van der Waals surface area contributed by atoms with Gasteiger partial charge in [0.15, 0.2) is 5.75 Å². The van der Waals surface area contributed by atoms with Crippen molar-refractivity contribution in [3.8, 4) is 17.1 Å². The molecule has 0 aliphatic carbocycles. The van der Waals surface area contributed by atoms with E-state index in [1.165, 1.54) is 5.69 Å². The van der Waals surface area contributed by atoms with Crippen molar-refractivity contribution in [2.45, 2.75) is 0 Å². The largest absolute Gasteiger partial charge is 0.410 e. The molecule has 0 saturated carbocycles. The standard InChI is InChI=1S/C23H22N6O2/c24-23(30)31-19-8-4-7-18-21(19)27-22(26-18)16-9-10-20(25-15-16)29-13-11-28(12-14-29)17-5-2-1-3-6-17/h1-10,15H,11-14H2,(H2,24,30)(H,26,27). The minimum absolute atomic E-state index is 0.327. The topological polar surface area (TPSA) is 100 Å². The summed E-state index contributed by atoms with van der Waals surface area (Å²) in [6.45, 7) is 3.75. The molecule has 1 fully saturated rings. The van der Waals surface area contributed by atoms with Gasteiger partial charge in [0, 0.05) is 43.6 Å². The zero-order valence-corrected chi connectivity index (χ0v) is 16.9. The number of pyridine rings is 1. The normalized spacial score (nSPS) is 14.1. The minimum Gasteiger partial charge on any atom is -0.408 e. The average molecular weight is 414 g/mol. The summed E-state index contributed by atoms with van der Waals surface area (Å²) in [6, 6.07) is 19.8. The lowest BCUT2D eigenvalue weighted by molar-refractivity contribution is 0.211. The second kappa shape index (κ2) is 7.98. The van der Waals surface area contributed by atoms with Crippen molar-refractivity contribution in [3.05, 3.63) is 66.9 Å². The Hall–Kier alpha value is -4.07. The quantitative estimate of drug-likeness (QED) is 0.531. The third-order valence-corrected chi connectivity index (χ3v) is 5.43. The molecule has 0 bridgehead atoms. The van der Waals surface area contributed by atoms with Crippen LogP contribution in [0.2, 0.25) is 0 Å². The third-order valence-electron chi connectivity index (χ3n) is 5.43. The smallest absolute Gasteiger partial charge is 0.408 e. The second-order valence-corrected chi connectivity index (χ2v) is 7.37. The molecule has 0 unspecified atom stereocenters. The number of nitrogens with two attached hydrogens (primary N) is 1. The summed E-state index contributed by atoms with van der Waals surface area (Å²) in [4.78, 5) is 28.3. The van der Waals surface area contributed by atoms with Gasteiger partial charge in [-0.2, -0.15) is 0 Å². The molecule has 4 aromatic rings. The number of benzene rings is 2. The van der Waals surface area contributed by atoms with Crippen LogP contribution >= 0.6 is 0 Å². The number of rotatable bonds is 4. The highest BCUT2D eigenvalue weighted by atomic mass is 16.5. The number of amides is 1. The molecular formula is C23H22N6O2. The second-order valence-electron chi connectivity index (χ2n) is 7.37. The van der Waals surface area contributed by atoms with Crippen LogP contribution in [-0.4, -0.2) is 47.2 Å². The molecule has 156 valence electrons. The Balaban J connectivity index is 1.31. The number of hydrogen-bond donors (Lipinski definition) is 2. The van der Waals surface area contributed by atoms with Crippen LogP contribution in [0.4, 0.5) is 16.3 Å². The maximum atomic E-state index is 11.1. The van der Waals surface area contributed by atoms with Crippen molar-refractivity contribution >= 4 is 28.6 Å². The fourth-order valence-corrected chi connectivity index (χ4v) is 3.88. The highest BCUT2D eigenvalue weighted by Gasteiger charge is 2.18. The molecule has 8 heteroatoms. The number of H-pyrrole nitrogens is 1. The summed E-state index contributed by atoms with van der Waals surface area (Å²) < 4.78 is 5.05. The number of hydrogen-bond acceptors (Lipinski definition) is 6. The van der Waals surface area contributed by atoms with E-state index in [4.69, 9.17) is 10.5 Å². The van der Waals surface area contributed by atoms with E-state index in [2.05, 4.69) is 49.0 Å². The van der Waals surface area contributed by atoms with E-state index in [9.17, 15) is 4.79 Å². The first kappa shape index (κ1) is 18.9. The van der Waals surface area contributed by atoms with E-state index in [-0.39, 0.29) is 0 Å². The number of imidazole rings is 1. The molecule has 0 radical (unpaired) electrons. The van der Waals surface area contributed by atoms with Gasteiger partial charge in [-0.3, -0.25) is 0 Å². The number of ether oxygens (including phenoxy) is 1. The molecule has 3 heterocycles. The number of nitrogens with zero attached hydrogens (tertiary/aromatic N) is 4. The van der Waals surface area contributed by atoms with Crippen molar-refractivity contribution in [1.82, 2.24) is 15.0 Å². The first-order valence-electron chi connectivity index (χ1n) is 10.1. The van der Waals surface area contributed by atoms with E-state index in [1.807, 2.05) is 30.5 Å². The summed E-state index contributed by atoms with van der Waals surface area (Å²) in [6.07, 6.45) is 0.945. The van der Waals surface area contributed by atoms with Crippen LogP contribution in [0.25, 0.3) is 22.4 Å². The van der Waals surface area contributed by atoms with Gasteiger partial charge >= 0.3 is 6.09 Å². The Labute approximate surface area is 179 Å². The van der Waals surface area contributed by atoms with Crippen molar-refractivity contribution < 1.29 is 9.53 Å². The number of aromatic amines is 1. The van der Waals surface area contributed by atoms with Gasteiger partial charge in [0.25, 0.3) is 0 Å². The Morgan fingerprint density at radius 1 is 0.935 bits per heavy atom. The molecule has 1 aliphatic heterocycles. The summed E-state index contributed by atoms with van der Waals surface area (Å²) in [5.41, 5.74) is 8.57. The van der Waals surface area contributed by atoms with Gasteiger partial charge in [-0.25, -0.2) is 14.8 Å². The summed E-state index contributed by atoms with van der Waals surface area (Å²) in [7, 11) is 0. The number of aromatic nitrogens is 3. The summed E-state index contributed by atoms with van der Waals surface area (Å²) in [5.74, 6) is 1.93. The van der Waals surface area contributed by atoms with Gasteiger partial charge < -0.3 is 25.3 Å². The Bertz CT molecular complexity index is 1200. The van der Waals surface area contributed by atoms with Gasteiger partial charge in [-0.05, 0) is 36.4 Å². The third kappa shape index (κ3) is 3.87. The van der Waals surface area contributed by atoms with E-state index in [1.54, 1.807) is 12.1 Å². The number of piperazine rings is 1. The minimum atomic E-state index is -0.865. The monoisotopic (exact) mass is 414 g/mol. The number of para-hydroxylation sites is 2. The molecular weight excluding hydrogens is 392 g/mol. The van der Waals surface area contributed by atoms with Crippen molar-refractivity contribution in [1.29, 1.82) is 0 Å². The molecule has 5 rings (SSSR count). The predicted molar refractivity (Wildman–Crippen MR) is 120 cm³/mol. The summed E-state index contributed by atoms with van der Waals surface area (Å²) in [5, 5.41) is 0. The molecule has 8 nitrogen and oxygen atoms in total. The highest BCUT2D eigenvalue weighted by Crippen LogP contribution is 2.28. The lowest BCUT2D eigenvalue weighted by Gasteiger charge is -2.36. The van der Waals surface area contributed by atoms with Crippen molar-refractivity contribution in [3.63, 3.8) is 0 Å².